The summed E-state index contributed by atoms with van der Waals surface area (Å²) in [7, 11) is -4.51. The van der Waals surface area contributed by atoms with Crippen molar-refractivity contribution >= 4 is 10.1 Å². The van der Waals surface area contributed by atoms with E-state index in [1.54, 1.807) is 14.0 Å². The first kappa shape index (κ1) is 18.7. The van der Waals surface area contributed by atoms with Crippen molar-refractivity contribution in [2.24, 2.45) is 7.05 Å². The topological polar surface area (TPSA) is 66.0 Å². The lowest BCUT2D eigenvalue weighted by atomic mass is 10.4. The standard InChI is InChI=1S/C7H10F3N2.CHF3O3S/c1-3-12-6(7(8,9)10)4-5-11(12)2;2-1(3,4)8(5,6)7/h4-5H,3H2,1-2H3;(H,5,6,7)/q+1;/p-1. The summed E-state index contributed by atoms with van der Waals surface area (Å²) in [6.07, 6.45) is -2.86. The lowest BCUT2D eigenvalue weighted by Crippen LogP contribution is -2.39. The lowest BCUT2D eigenvalue weighted by molar-refractivity contribution is -0.754. The monoisotopic (exact) mass is 328 g/mol. The van der Waals surface area contributed by atoms with E-state index in [-0.39, 0.29) is 0 Å². The highest BCUT2D eigenvalue weighted by molar-refractivity contribution is 7.86. The SMILES string of the molecule is CCn1c(C(F)(F)F)cc[n+]1C.O=S(=O)([O-])C(F)(F)F. The van der Waals surface area contributed by atoms with Gasteiger partial charge in [0, 0.05) is 6.07 Å². The Bertz CT molecular complexity index is 546. The van der Waals surface area contributed by atoms with E-state index in [0.29, 0.717) is 6.54 Å². The van der Waals surface area contributed by atoms with Gasteiger partial charge in [0.05, 0.1) is 6.54 Å². The van der Waals surface area contributed by atoms with E-state index < -0.39 is 27.5 Å². The maximum absolute atomic E-state index is 12.2. The van der Waals surface area contributed by atoms with Gasteiger partial charge in [-0.25, -0.2) is 8.42 Å². The van der Waals surface area contributed by atoms with Crippen molar-refractivity contribution in [2.75, 3.05) is 0 Å². The van der Waals surface area contributed by atoms with Gasteiger partial charge in [-0.15, -0.1) is 9.36 Å². The molecule has 0 fully saturated rings. The molecule has 1 aromatic rings. The predicted octanol–water partition coefficient (Wildman–Crippen LogP) is 1.40. The van der Waals surface area contributed by atoms with E-state index in [2.05, 4.69) is 0 Å². The average molecular weight is 328 g/mol. The van der Waals surface area contributed by atoms with Crippen LogP contribution in [0, 0.1) is 0 Å². The average Bonchev–Trinajstić information content (AvgIpc) is 2.56. The molecule has 0 unspecified atom stereocenters. The van der Waals surface area contributed by atoms with Gasteiger partial charge in [0.25, 0.3) is 0 Å². The summed E-state index contributed by atoms with van der Waals surface area (Å²) in [6.45, 7) is 1.99. The van der Waals surface area contributed by atoms with Gasteiger partial charge >= 0.3 is 11.7 Å². The van der Waals surface area contributed by atoms with Crippen LogP contribution in [-0.4, -0.2) is 23.2 Å². The summed E-state index contributed by atoms with van der Waals surface area (Å²) >= 11 is 0. The van der Waals surface area contributed by atoms with Crippen LogP contribution in [0.1, 0.15) is 12.6 Å². The van der Waals surface area contributed by atoms with Gasteiger partial charge in [-0.05, 0) is 6.92 Å². The summed E-state index contributed by atoms with van der Waals surface area (Å²) < 4.78 is 98.1. The molecule has 0 N–H and O–H groups in total. The normalized spacial score (nSPS) is 12.8. The van der Waals surface area contributed by atoms with Crippen molar-refractivity contribution in [2.45, 2.75) is 25.2 Å². The van der Waals surface area contributed by atoms with Gasteiger partial charge in [0.2, 0.25) is 0 Å². The zero-order valence-electron chi connectivity index (χ0n) is 10.2. The van der Waals surface area contributed by atoms with Gasteiger partial charge in [0.15, 0.2) is 29.1 Å². The number of aryl methyl sites for hydroxylation is 1. The van der Waals surface area contributed by atoms with E-state index >= 15 is 0 Å². The number of alkyl halides is 6. The van der Waals surface area contributed by atoms with Crippen LogP contribution in [0.3, 0.4) is 0 Å². The van der Waals surface area contributed by atoms with E-state index in [1.165, 1.54) is 15.6 Å². The zero-order chi connectivity index (χ0) is 16.4. The van der Waals surface area contributed by atoms with Crippen LogP contribution in [0.15, 0.2) is 12.3 Å². The number of hydrogen-bond donors (Lipinski definition) is 0. The fourth-order valence-electron chi connectivity index (χ4n) is 1.15. The first-order valence-corrected chi connectivity index (χ1v) is 6.27. The molecule has 0 aliphatic carbocycles. The largest absolute Gasteiger partial charge is 0.741 e. The predicted molar refractivity (Wildman–Crippen MR) is 52.0 cm³/mol. The molecule has 5 nitrogen and oxygen atoms in total. The highest BCUT2D eigenvalue weighted by atomic mass is 32.2. The van der Waals surface area contributed by atoms with Crippen LogP contribution < -0.4 is 4.68 Å². The molecule has 1 rings (SSSR count). The summed E-state index contributed by atoms with van der Waals surface area (Å²) in [6, 6.07) is 1.07. The number of hydrogen-bond acceptors (Lipinski definition) is 3. The molecule has 0 atom stereocenters. The third-order valence-electron chi connectivity index (χ3n) is 1.98. The van der Waals surface area contributed by atoms with Crippen LogP contribution in [0.25, 0.3) is 0 Å². The molecule has 0 bridgehead atoms. The first-order valence-electron chi connectivity index (χ1n) is 4.86. The first-order chi connectivity index (χ1) is 8.71. The molecule has 0 aromatic carbocycles. The summed E-state index contributed by atoms with van der Waals surface area (Å²) in [5, 5.41) is 0. The zero-order valence-corrected chi connectivity index (χ0v) is 11.0. The molecule has 1 aromatic heterocycles. The lowest BCUT2D eigenvalue weighted by Gasteiger charge is -2.08. The number of nitrogens with zero attached hydrogens (tertiary/aromatic N) is 2. The molecule has 0 amide bonds. The molecule has 0 aliphatic heterocycles. The minimum atomic E-state index is -6.09. The molecule has 0 aliphatic rings. The van der Waals surface area contributed by atoms with Gasteiger partial charge in [-0.1, -0.05) is 0 Å². The Hall–Kier alpha value is -1.30. The Balaban J connectivity index is 0.000000396. The molecular formula is C8H10F6N2O3S. The van der Waals surface area contributed by atoms with Gasteiger partial charge in [0.1, 0.15) is 0 Å². The van der Waals surface area contributed by atoms with Gasteiger partial charge in [-0.3, -0.25) is 0 Å². The third kappa shape index (κ3) is 5.00. The van der Waals surface area contributed by atoms with Crippen molar-refractivity contribution in [1.82, 2.24) is 4.68 Å². The Morgan fingerprint density at radius 2 is 1.65 bits per heavy atom. The van der Waals surface area contributed by atoms with E-state index in [9.17, 15) is 26.3 Å². The molecule has 0 saturated heterocycles. The van der Waals surface area contributed by atoms with Crippen LogP contribution >= 0.6 is 0 Å². The molecular weight excluding hydrogens is 318 g/mol. The van der Waals surface area contributed by atoms with Crippen molar-refractivity contribution < 1.29 is 44.0 Å². The maximum atomic E-state index is 12.2. The summed E-state index contributed by atoms with van der Waals surface area (Å²) in [5.41, 5.74) is -6.25. The molecule has 0 radical (unpaired) electrons. The van der Waals surface area contributed by atoms with E-state index in [4.69, 9.17) is 13.0 Å². The van der Waals surface area contributed by atoms with Crippen molar-refractivity contribution in [3.05, 3.63) is 18.0 Å². The third-order valence-corrected chi connectivity index (χ3v) is 2.55. The van der Waals surface area contributed by atoms with Crippen molar-refractivity contribution in [3.63, 3.8) is 0 Å². The van der Waals surface area contributed by atoms with Crippen LogP contribution in [0.4, 0.5) is 26.3 Å². The highest BCUT2D eigenvalue weighted by Gasteiger charge is 2.37. The van der Waals surface area contributed by atoms with E-state index in [1.807, 2.05) is 0 Å². The maximum Gasteiger partial charge on any atom is 0.485 e. The molecule has 118 valence electrons. The van der Waals surface area contributed by atoms with E-state index in [0.717, 1.165) is 6.07 Å². The Kier molecular flexibility index (Phi) is 5.60. The minimum Gasteiger partial charge on any atom is -0.741 e. The Labute approximate surface area is 110 Å². The number of aromatic nitrogens is 2. The Morgan fingerprint density at radius 1 is 1.25 bits per heavy atom. The molecule has 0 saturated carbocycles. The number of rotatable bonds is 1. The van der Waals surface area contributed by atoms with Gasteiger partial charge < -0.3 is 4.55 Å². The van der Waals surface area contributed by atoms with Crippen LogP contribution in [-0.2, 0) is 29.9 Å². The minimum absolute atomic E-state index is 0.318. The van der Waals surface area contributed by atoms with Crippen molar-refractivity contribution in [3.8, 4) is 0 Å². The molecule has 20 heavy (non-hydrogen) atoms. The molecule has 0 spiro atoms. The molecule has 1 heterocycles. The van der Waals surface area contributed by atoms with Crippen molar-refractivity contribution in [1.29, 1.82) is 0 Å². The molecule has 12 heteroatoms. The smallest absolute Gasteiger partial charge is 0.485 e. The fourth-order valence-corrected chi connectivity index (χ4v) is 1.15. The number of halogens is 6. The second-order valence-corrected chi connectivity index (χ2v) is 4.76. The quantitative estimate of drug-likeness (QED) is 0.339. The van der Waals surface area contributed by atoms with Gasteiger partial charge in [-0.2, -0.15) is 26.3 Å². The highest BCUT2D eigenvalue weighted by Crippen LogP contribution is 2.28. The second kappa shape index (κ2) is 5.99. The summed E-state index contributed by atoms with van der Waals surface area (Å²) in [5.74, 6) is 0. The summed E-state index contributed by atoms with van der Waals surface area (Å²) in [4.78, 5) is 0. The van der Waals surface area contributed by atoms with Crippen LogP contribution in [0.5, 0.6) is 0 Å². The fraction of sp³-hybridized carbons (Fsp3) is 0.625. The second-order valence-electron chi connectivity index (χ2n) is 3.39. The van der Waals surface area contributed by atoms with Crippen LogP contribution in [0.2, 0.25) is 0 Å². The Morgan fingerprint density at radius 3 is 1.85 bits per heavy atom.